The van der Waals surface area contributed by atoms with Crippen LogP contribution in [0.3, 0.4) is 0 Å². The highest BCUT2D eigenvalue weighted by Gasteiger charge is 2.36. The van der Waals surface area contributed by atoms with Gasteiger partial charge in [0.1, 0.15) is 0 Å². The Balaban J connectivity index is 4.76. The molecular formula is C15H32O2. The minimum Gasteiger partial charge on any atom is -0.381 e. The summed E-state index contributed by atoms with van der Waals surface area (Å²) in [5, 5.41) is 0. The molecule has 0 heterocycles. The molecule has 0 spiro atoms. The lowest BCUT2D eigenvalue weighted by atomic mass is 9.71. The second-order valence-electron chi connectivity index (χ2n) is 5.54. The number of hydrogen-bond donors (Lipinski definition) is 0. The Bertz CT molecular complexity index is 170. The highest BCUT2D eigenvalue weighted by atomic mass is 16.5. The van der Waals surface area contributed by atoms with E-state index >= 15 is 0 Å². The van der Waals surface area contributed by atoms with Gasteiger partial charge < -0.3 is 9.47 Å². The topological polar surface area (TPSA) is 18.5 Å². The van der Waals surface area contributed by atoms with E-state index in [9.17, 15) is 0 Å². The molecule has 0 saturated heterocycles. The van der Waals surface area contributed by atoms with Crippen molar-refractivity contribution in [2.75, 3.05) is 26.4 Å². The molecule has 0 aliphatic carbocycles. The number of ether oxygens (including phenoxy) is 2. The summed E-state index contributed by atoms with van der Waals surface area (Å²) in [4.78, 5) is 0. The van der Waals surface area contributed by atoms with E-state index in [1.54, 1.807) is 0 Å². The maximum atomic E-state index is 5.74. The normalized spacial score (nSPS) is 14.3. The maximum absolute atomic E-state index is 5.74. The van der Waals surface area contributed by atoms with Crippen molar-refractivity contribution >= 4 is 0 Å². The molecule has 0 aliphatic heterocycles. The second-order valence-corrected chi connectivity index (χ2v) is 5.54. The van der Waals surface area contributed by atoms with E-state index in [0.29, 0.717) is 11.8 Å². The van der Waals surface area contributed by atoms with E-state index in [1.165, 1.54) is 12.8 Å². The third-order valence-electron chi connectivity index (χ3n) is 3.66. The summed E-state index contributed by atoms with van der Waals surface area (Å²) in [7, 11) is 0. The summed E-state index contributed by atoms with van der Waals surface area (Å²) in [6, 6.07) is 0. The molecule has 0 rings (SSSR count). The van der Waals surface area contributed by atoms with Gasteiger partial charge in [0, 0.05) is 18.6 Å². The zero-order chi connectivity index (χ0) is 13.3. The monoisotopic (exact) mass is 244 g/mol. The summed E-state index contributed by atoms with van der Waals surface area (Å²) in [5.41, 5.74) is 0.189. The first kappa shape index (κ1) is 16.9. The van der Waals surface area contributed by atoms with Gasteiger partial charge in [-0.05, 0) is 32.1 Å². The van der Waals surface area contributed by atoms with E-state index in [2.05, 4.69) is 41.5 Å². The first-order valence-corrected chi connectivity index (χ1v) is 7.17. The third kappa shape index (κ3) is 5.87. The molecule has 0 aromatic rings. The predicted octanol–water partition coefficient (Wildman–Crippen LogP) is 4.14. The average molecular weight is 244 g/mol. The molecule has 0 aromatic carbocycles. The first-order chi connectivity index (χ1) is 8.02. The molecule has 0 bridgehead atoms. The minimum absolute atomic E-state index is 0.189. The van der Waals surface area contributed by atoms with Crippen molar-refractivity contribution in [2.45, 2.75) is 54.4 Å². The van der Waals surface area contributed by atoms with Crippen molar-refractivity contribution in [3.8, 4) is 0 Å². The summed E-state index contributed by atoms with van der Waals surface area (Å²) in [5.74, 6) is 1.33. The summed E-state index contributed by atoms with van der Waals surface area (Å²) < 4.78 is 11.5. The van der Waals surface area contributed by atoms with Crippen LogP contribution in [0.2, 0.25) is 0 Å². The lowest BCUT2D eigenvalue weighted by Gasteiger charge is -2.40. The van der Waals surface area contributed by atoms with Gasteiger partial charge in [-0.2, -0.15) is 0 Å². The minimum atomic E-state index is 0.189. The maximum Gasteiger partial charge on any atom is 0.0547 e. The van der Waals surface area contributed by atoms with E-state index in [0.717, 1.165) is 26.4 Å². The van der Waals surface area contributed by atoms with E-state index < -0.39 is 0 Å². The van der Waals surface area contributed by atoms with Crippen LogP contribution in [0, 0.1) is 17.3 Å². The third-order valence-corrected chi connectivity index (χ3v) is 3.66. The van der Waals surface area contributed by atoms with Gasteiger partial charge in [0.05, 0.1) is 13.2 Å². The molecule has 104 valence electrons. The van der Waals surface area contributed by atoms with Crippen LogP contribution in [0.5, 0.6) is 0 Å². The van der Waals surface area contributed by atoms with Crippen molar-refractivity contribution < 1.29 is 9.47 Å². The van der Waals surface area contributed by atoms with Crippen molar-refractivity contribution in [3.05, 3.63) is 0 Å². The molecular weight excluding hydrogens is 212 g/mol. The van der Waals surface area contributed by atoms with Gasteiger partial charge >= 0.3 is 0 Å². The van der Waals surface area contributed by atoms with Gasteiger partial charge in [0.15, 0.2) is 0 Å². The van der Waals surface area contributed by atoms with Crippen molar-refractivity contribution in [2.24, 2.45) is 17.3 Å². The van der Waals surface area contributed by atoms with Crippen LogP contribution in [0.15, 0.2) is 0 Å². The molecule has 2 nitrogen and oxygen atoms in total. The Morgan fingerprint density at radius 3 is 1.65 bits per heavy atom. The predicted molar refractivity (Wildman–Crippen MR) is 74.3 cm³/mol. The van der Waals surface area contributed by atoms with Gasteiger partial charge in [-0.25, -0.2) is 0 Å². The molecule has 0 amide bonds. The zero-order valence-corrected chi connectivity index (χ0v) is 12.7. The SMILES string of the molecule is CCOCC(COCC)(CC(C)C)C(C)CC. The molecule has 0 saturated carbocycles. The molecule has 17 heavy (non-hydrogen) atoms. The average Bonchev–Trinajstić information content (AvgIpc) is 2.31. The molecule has 0 radical (unpaired) electrons. The highest BCUT2D eigenvalue weighted by Crippen LogP contribution is 2.37. The molecule has 1 atom stereocenters. The summed E-state index contributed by atoms with van der Waals surface area (Å²) in [6.45, 7) is 16.6. The second kappa shape index (κ2) is 8.93. The Morgan fingerprint density at radius 2 is 1.35 bits per heavy atom. The van der Waals surface area contributed by atoms with Gasteiger partial charge in [0.2, 0.25) is 0 Å². The van der Waals surface area contributed by atoms with Crippen LogP contribution in [0.25, 0.3) is 0 Å². The van der Waals surface area contributed by atoms with Crippen molar-refractivity contribution in [1.82, 2.24) is 0 Å². The van der Waals surface area contributed by atoms with E-state index in [4.69, 9.17) is 9.47 Å². The largest absolute Gasteiger partial charge is 0.381 e. The van der Waals surface area contributed by atoms with E-state index in [-0.39, 0.29) is 5.41 Å². The van der Waals surface area contributed by atoms with Crippen LogP contribution in [-0.2, 0) is 9.47 Å². The Hall–Kier alpha value is -0.0800. The first-order valence-electron chi connectivity index (χ1n) is 7.17. The van der Waals surface area contributed by atoms with Crippen molar-refractivity contribution in [3.63, 3.8) is 0 Å². The fourth-order valence-electron chi connectivity index (χ4n) is 2.50. The van der Waals surface area contributed by atoms with Gasteiger partial charge in [-0.1, -0.05) is 34.1 Å². The summed E-state index contributed by atoms with van der Waals surface area (Å²) >= 11 is 0. The molecule has 0 N–H and O–H groups in total. The quantitative estimate of drug-likeness (QED) is 0.575. The lowest BCUT2D eigenvalue weighted by Crippen LogP contribution is -2.40. The highest BCUT2D eigenvalue weighted by molar-refractivity contribution is 4.85. The zero-order valence-electron chi connectivity index (χ0n) is 12.7. The molecule has 0 fully saturated rings. The number of hydrogen-bond acceptors (Lipinski definition) is 2. The van der Waals surface area contributed by atoms with Gasteiger partial charge in [0.25, 0.3) is 0 Å². The van der Waals surface area contributed by atoms with Crippen LogP contribution in [-0.4, -0.2) is 26.4 Å². The molecule has 2 heteroatoms. The smallest absolute Gasteiger partial charge is 0.0547 e. The fraction of sp³-hybridized carbons (Fsp3) is 1.00. The molecule has 0 aliphatic rings. The molecule has 1 unspecified atom stereocenters. The standard InChI is InChI=1S/C15H32O2/c1-7-14(6)15(10-13(4)5,11-16-8-2)12-17-9-3/h13-14H,7-12H2,1-6H3. The summed E-state index contributed by atoms with van der Waals surface area (Å²) in [6.07, 6.45) is 2.37. The van der Waals surface area contributed by atoms with Crippen LogP contribution in [0.1, 0.15) is 54.4 Å². The van der Waals surface area contributed by atoms with Crippen molar-refractivity contribution in [1.29, 1.82) is 0 Å². The fourth-order valence-corrected chi connectivity index (χ4v) is 2.50. The van der Waals surface area contributed by atoms with Gasteiger partial charge in [-0.3, -0.25) is 0 Å². The van der Waals surface area contributed by atoms with Crippen LogP contribution >= 0.6 is 0 Å². The number of rotatable bonds is 10. The lowest BCUT2D eigenvalue weighted by molar-refractivity contribution is -0.0595. The Morgan fingerprint density at radius 1 is 0.882 bits per heavy atom. The van der Waals surface area contributed by atoms with Crippen LogP contribution < -0.4 is 0 Å². The Labute approximate surface area is 108 Å². The van der Waals surface area contributed by atoms with Crippen LogP contribution in [0.4, 0.5) is 0 Å². The molecule has 0 aromatic heterocycles. The Kier molecular flexibility index (Phi) is 8.89. The van der Waals surface area contributed by atoms with E-state index in [1.807, 2.05) is 0 Å². The van der Waals surface area contributed by atoms with Gasteiger partial charge in [-0.15, -0.1) is 0 Å².